The van der Waals surface area contributed by atoms with Crippen LogP contribution in [-0.4, -0.2) is 35.3 Å². The van der Waals surface area contributed by atoms with Crippen molar-refractivity contribution in [2.45, 2.75) is 0 Å². The van der Waals surface area contributed by atoms with Crippen LogP contribution in [0, 0.1) is 0 Å². The Bertz CT molecular complexity index is 528. The molecule has 0 radical (unpaired) electrons. The number of nitrogens with zero attached hydrogens (tertiary/aromatic N) is 2. The number of hydrogen-bond donors (Lipinski definition) is 2. The molecule has 18 heavy (non-hydrogen) atoms. The molecule has 2 rings (SSSR count). The number of carbonyl (C=O) groups is 1. The van der Waals surface area contributed by atoms with E-state index in [4.69, 9.17) is 4.74 Å². The van der Waals surface area contributed by atoms with Gasteiger partial charge in [-0.3, -0.25) is 4.79 Å². The third-order valence-electron chi connectivity index (χ3n) is 2.15. The van der Waals surface area contributed by atoms with Crippen LogP contribution < -0.4 is 10.1 Å². The van der Waals surface area contributed by atoms with Crippen LogP contribution in [-0.2, 0) is 4.79 Å². The van der Waals surface area contributed by atoms with Gasteiger partial charge in [-0.05, 0) is 23.8 Å². The summed E-state index contributed by atoms with van der Waals surface area (Å²) in [5.74, 6) is 0.747. The molecule has 1 amide bonds. The van der Waals surface area contributed by atoms with Crippen molar-refractivity contribution in [2.24, 2.45) is 10.2 Å². The molecule has 1 aromatic rings. The predicted octanol–water partition coefficient (Wildman–Crippen LogP) is 0.954. The number of methoxy groups -OCH3 is 1. The summed E-state index contributed by atoms with van der Waals surface area (Å²) >= 11 is 1.31. The van der Waals surface area contributed by atoms with Gasteiger partial charge in [-0.1, -0.05) is 11.8 Å². The van der Waals surface area contributed by atoms with Crippen LogP contribution >= 0.6 is 11.8 Å². The van der Waals surface area contributed by atoms with E-state index in [0.717, 1.165) is 5.56 Å². The first-order chi connectivity index (χ1) is 8.69. The highest BCUT2D eigenvalue weighted by Crippen LogP contribution is 2.25. The van der Waals surface area contributed by atoms with E-state index >= 15 is 0 Å². The maximum atomic E-state index is 10.9. The SMILES string of the molecule is COc1cc(C=NN=C2NC(=O)CS2)ccc1O. The Morgan fingerprint density at radius 2 is 2.39 bits per heavy atom. The number of rotatable bonds is 3. The van der Waals surface area contributed by atoms with Crippen LogP contribution in [0.5, 0.6) is 11.5 Å². The second-order valence-corrected chi connectivity index (χ2v) is 4.38. The first kappa shape index (κ1) is 12.4. The summed E-state index contributed by atoms with van der Waals surface area (Å²) < 4.78 is 4.97. The average molecular weight is 265 g/mol. The number of hydrogen-bond acceptors (Lipinski definition) is 6. The largest absolute Gasteiger partial charge is 0.504 e. The fourth-order valence-electron chi connectivity index (χ4n) is 1.30. The molecule has 0 atom stereocenters. The van der Waals surface area contributed by atoms with E-state index in [2.05, 4.69) is 15.5 Å². The Kier molecular flexibility index (Phi) is 3.83. The Labute approximate surface area is 108 Å². The van der Waals surface area contributed by atoms with Crippen LogP contribution in [0.2, 0.25) is 0 Å². The van der Waals surface area contributed by atoms with Crippen LogP contribution in [0.25, 0.3) is 0 Å². The Hall–Kier alpha value is -2.02. The van der Waals surface area contributed by atoms with Gasteiger partial charge in [0.1, 0.15) is 0 Å². The molecule has 0 aromatic heterocycles. The van der Waals surface area contributed by atoms with Crippen molar-refractivity contribution < 1.29 is 14.6 Å². The third-order valence-corrected chi connectivity index (χ3v) is 3.01. The van der Waals surface area contributed by atoms with E-state index in [-0.39, 0.29) is 11.7 Å². The van der Waals surface area contributed by atoms with Crippen LogP contribution in [0.3, 0.4) is 0 Å². The van der Waals surface area contributed by atoms with Crippen molar-refractivity contribution in [1.29, 1.82) is 0 Å². The lowest BCUT2D eigenvalue weighted by Gasteiger charge is -2.02. The number of benzene rings is 1. The zero-order valence-corrected chi connectivity index (χ0v) is 10.4. The molecule has 0 unspecified atom stereocenters. The second kappa shape index (κ2) is 5.54. The first-order valence-electron chi connectivity index (χ1n) is 5.09. The minimum Gasteiger partial charge on any atom is -0.504 e. The quantitative estimate of drug-likeness (QED) is 0.629. The summed E-state index contributed by atoms with van der Waals surface area (Å²) in [5.41, 5.74) is 0.739. The number of amidine groups is 1. The molecule has 1 fully saturated rings. The molecule has 0 bridgehead atoms. The topological polar surface area (TPSA) is 83.3 Å². The van der Waals surface area contributed by atoms with Gasteiger partial charge in [0.15, 0.2) is 16.7 Å². The summed E-state index contributed by atoms with van der Waals surface area (Å²) in [4.78, 5) is 10.9. The number of aromatic hydroxyl groups is 1. The zero-order chi connectivity index (χ0) is 13.0. The molecule has 2 N–H and O–H groups in total. The van der Waals surface area contributed by atoms with Crippen molar-refractivity contribution in [2.75, 3.05) is 12.9 Å². The summed E-state index contributed by atoms with van der Waals surface area (Å²) in [7, 11) is 1.47. The molecule has 1 heterocycles. The fraction of sp³-hybridized carbons (Fsp3) is 0.182. The molecule has 0 aliphatic carbocycles. The van der Waals surface area contributed by atoms with Crippen molar-refractivity contribution in [3.8, 4) is 11.5 Å². The van der Waals surface area contributed by atoms with Gasteiger partial charge in [-0.25, -0.2) is 0 Å². The van der Waals surface area contributed by atoms with Gasteiger partial charge in [-0.15, -0.1) is 5.10 Å². The number of ether oxygens (including phenoxy) is 1. The lowest BCUT2D eigenvalue weighted by Crippen LogP contribution is -2.19. The molecule has 7 heteroatoms. The number of thioether (sulfide) groups is 1. The molecular formula is C11H11N3O3S. The minimum absolute atomic E-state index is 0.0691. The van der Waals surface area contributed by atoms with E-state index < -0.39 is 0 Å². The van der Waals surface area contributed by atoms with Gasteiger partial charge in [-0.2, -0.15) is 5.10 Å². The molecule has 6 nitrogen and oxygen atoms in total. The van der Waals surface area contributed by atoms with Crippen LogP contribution in [0.1, 0.15) is 5.56 Å². The van der Waals surface area contributed by atoms with Gasteiger partial charge < -0.3 is 15.2 Å². The molecule has 1 aliphatic heterocycles. The summed E-state index contributed by atoms with van der Waals surface area (Å²) in [6.07, 6.45) is 1.51. The van der Waals surface area contributed by atoms with Crippen LogP contribution in [0.15, 0.2) is 28.4 Å². The maximum Gasteiger partial charge on any atom is 0.236 e. The molecule has 1 aromatic carbocycles. The monoisotopic (exact) mass is 265 g/mol. The normalized spacial score (nSPS) is 17.4. The number of amides is 1. The summed E-state index contributed by atoms with van der Waals surface area (Å²) in [5, 5.41) is 20.2. The Morgan fingerprint density at radius 3 is 3.06 bits per heavy atom. The second-order valence-electron chi connectivity index (χ2n) is 3.42. The highest BCUT2D eigenvalue weighted by atomic mass is 32.2. The van der Waals surface area contributed by atoms with Gasteiger partial charge >= 0.3 is 0 Å². The summed E-state index contributed by atoms with van der Waals surface area (Å²) in [6, 6.07) is 4.83. The van der Waals surface area contributed by atoms with E-state index in [0.29, 0.717) is 16.7 Å². The van der Waals surface area contributed by atoms with Gasteiger partial charge in [0.25, 0.3) is 0 Å². The lowest BCUT2D eigenvalue weighted by atomic mass is 10.2. The average Bonchev–Trinajstić information content (AvgIpc) is 2.77. The fourth-order valence-corrected chi connectivity index (χ4v) is 1.93. The van der Waals surface area contributed by atoms with Crippen molar-refractivity contribution in [1.82, 2.24) is 5.32 Å². The van der Waals surface area contributed by atoms with Gasteiger partial charge in [0.05, 0.1) is 19.1 Å². The smallest absolute Gasteiger partial charge is 0.236 e. The van der Waals surface area contributed by atoms with Crippen molar-refractivity contribution in [3.63, 3.8) is 0 Å². The number of nitrogens with one attached hydrogen (secondary N) is 1. The molecule has 0 saturated carbocycles. The highest BCUT2D eigenvalue weighted by Gasteiger charge is 2.15. The lowest BCUT2D eigenvalue weighted by molar-refractivity contribution is -0.116. The van der Waals surface area contributed by atoms with Crippen molar-refractivity contribution >= 4 is 29.1 Å². The molecule has 94 valence electrons. The Morgan fingerprint density at radius 1 is 1.56 bits per heavy atom. The maximum absolute atomic E-state index is 10.9. The molecule has 1 aliphatic rings. The predicted molar refractivity (Wildman–Crippen MR) is 70.3 cm³/mol. The number of phenols is 1. The van der Waals surface area contributed by atoms with E-state index in [1.54, 1.807) is 12.1 Å². The van der Waals surface area contributed by atoms with Gasteiger partial charge in [0.2, 0.25) is 5.91 Å². The first-order valence-corrected chi connectivity index (χ1v) is 6.08. The zero-order valence-electron chi connectivity index (χ0n) is 9.58. The molecular weight excluding hydrogens is 254 g/mol. The molecule has 1 saturated heterocycles. The van der Waals surface area contributed by atoms with E-state index in [1.165, 1.54) is 31.2 Å². The highest BCUT2D eigenvalue weighted by molar-refractivity contribution is 8.15. The van der Waals surface area contributed by atoms with Gasteiger partial charge in [0, 0.05) is 0 Å². The number of carbonyl (C=O) groups excluding carboxylic acids is 1. The third kappa shape index (κ3) is 3.01. The number of phenolic OH excluding ortho intramolecular Hbond substituents is 1. The van der Waals surface area contributed by atoms with E-state index in [9.17, 15) is 9.90 Å². The van der Waals surface area contributed by atoms with Crippen LogP contribution in [0.4, 0.5) is 0 Å². The summed E-state index contributed by atoms with van der Waals surface area (Å²) in [6.45, 7) is 0. The van der Waals surface area contributed by atoms with Crippen molar-refractivity contribution in [3.05, 3.63) is 23.8 Å². The van der Waals surface area contributed by atoms with E-state index in [1.807, 2.05) is 0 Å². The standard InChI is InChI=1S/C11H11N3O3S/c1-17-9-4-7(2-3-8(9)15)5-12-14-11-13-10(16)6-18-11/h2-5,15H,6H2,1H3,(H,13,14,16). The minimum atomic E-state index is -0.0692. The molecule has 0 spiro atoms. The Balaban J connectivity index is 2.07.